The fourth-order valence-corrected chi connectivity index (χ4v) is 2.83. The lowest BCUT2D eigenvalue weighted by Crippen LogP contribution is -2.38. The largest absolute Gasteiger partial charge is 0.502 e. The summed E-state index contributed by atoms with van der Waals surface area (Å²) in [5, 5.41) is 14.0. The second kappa shape index (κ2) is 9.92. The van der Waals surface area contributed by atoms with E-state index in [0.29, 0.717) is 24.6 Å². The second-order valence-corrected chi connectivity index (χ2v) is 6.37. The number of aromatic hydroxyl groups is 1. The molecule has 0 unspecified atom stereocenters. The number of nitrogens with one attached hydrogen (secondary N) is 1. The number of ether oxygens (including phenoxy) is 2. The number of guanidine groups is 1. The smallest absolute Gasteiger partial charge is 0.200 e. The Morgan fingerprint density at radius 2 is 1.81 bits per heavy atom. The van der Waals surface area contributed by atoms with Crippen LogP contribution in [0.4, 0.5) is 0 Å². The molecule has 0 amide bonds. The molecule has 0 aliphatic carbocycles. The number of nitrogens with zero attached hydrogens (tertiary/aromatic N) is 2. The van der Waals surface area contributed by atoms with Crippen molar-refractivity contribution in [3.05, 3.63) is 52.5 Å². The van der Waals surface area contributed by atoms with Gasteiger partial charge in [0.25, 0.3) is 0 Å². The SMILES string of the molecule is CCNC(=NCc1cc(OC)c(O)c(OC)c1)N(C)Cc1ccccc1Cl. The van der Waals surface area contributed by atoms with Crippen LogP contribution in [0.5, 0.6) is 17.2 Å². The molecule has 146 valence electrons. The van der Waals surface area contributed by atoms with Crippen LogP contribution < -0.4 is 14.8 Å². The predicted molar refractivity (Wildman–Crippen MR) is 109 cm³/mol. The minimum Gasteiger partial charge on any atom is -0.502 e. The third kappa shape index (κ3) is 5.44. The van der Waals surface area contributed by atoms with Crippen LogP contribution in [0.25, 0.3) is 0 Å². The molecule has 0 aliphatic rings. The van der Waals surface area contributed by atoms with E-state index in [1.807, 2.05) is 43.1 Å². The van der Waals surface area contributed by atoms with Crippen LogP contribution in [-0.4, -0.2) is 43.8 Å². The van der Waals surface area contributed by atoms with E-state index in [1.54, 1.807) is 12.1 Å². The van der Waals surface area contributed by atoms with E-state index < -0.39 is 0 Å². The molecule has 0 saturated heterocycles. The number of hydrogen-bond donors (Lipinski definition) is 2. The fourth-order valence-electron chi connectivity index (χ4n) is 2.63. The van der Waals surface area contributed by atoms with Gasteiger partial charge in [0, 0.05) is 25.2 Å². The number of methoxy groups -OCH3 is 2. The fraction of sp³-hybridized carbons (Fsp3) is 0.350. The van der Waals surface area contributed by atoms with E-state index in [0.717, 1.165) is 28.7 Å². The van der Waals surface area contributed by atoms with E-state index in [1.165, 1.54) is 14.2 Å². The normalized spacial score (nSPS) is 11.2. The predicted octanol–water partition coefficient (Wildman–Crippen LogP) is 3.66. The van der Waals surface area contributed by atoms with E-state index in [2.05, 4.69) is 10.3 Å². The van der Waals surface area contributed by atoms with Gasteiger partial charge in [0.15, 0.2) is 17.5 Å². The number of hydrogen-bond acceptors (Lipinski definition) is 4. The molecule has 0 radical (unpaired) electrons. The van der Waals surface area contributed by atoms with Gasteiger partial charge in [0.1, 0.15) is 0 Å². The Morgan fingerprint density at radius 1 is 1.19 bits per heavy atom. The molecule has 7 heteroatoms. The van der Waals surface area contributed by atoms with Gasteiger partial charge in [-0.3, -0.25) is 0 Å². The van der Waals surface area contributed by atoms with Gasteiger partial charge in [-0.25, -0.2) is 4.99 Å². The van der Waals surface area contributed by atoms with Crippen molar-refractivity contribution in [1.82, 2.24) is 10.2 Å². The highest BCUT2D eigenvalue weighted by molar-refractivity contribution is 6.31. The van der Waals surface area contributed by atoms with Gasteiger partial charge in [-0.15, -0.1) is 0 Å². The van der Waals surface area contributed by atoms with Crippen LogP contribution in [0.15, 0.2) is 41.4 Å². The highest BCUT2D eigenvalue weighted by atomic mass is 35.5. The average Bonchev–Trinajstić information content (AvgIpc) is 2.67. The maximum atomic E-state index is 10.0. The lowest BCUT2D eigenvalue weighted by molar-refractivity contribution is 0.339. The average molecular weight is 392 g/mol. The number of phenolic OH excluding ortho intramolecular Hbond substituents is 1. The molecule has 0 atom stereocenters. The maximum absolute atomic E-state index is 10.0. The lowest BCUT2D eigenvalue weighted by Gasteiger charge is -2.22. The second-order valence-electron chi connectivity index (χ2n) is 5.97. The van der Waals surface area contributed by atoms with Crippen molar-refractivity contribution in [3.8, 4) is 17.2 Å². The van der Waals surface area contributed by atoms with Crippen LogP contribution in [0.1, 0.15) is 18.1 Å². The molecule has 2 aromatic carbocycles. The number of phenols is 1. The zero-order chi connectivity index (χ0) is 19.8. The Kier molecular flexibility index (Phi) is 7.61. The van der Waals surface area contributed by atoms with Crippen LogP contribution in [-0.2, 0) is 13.1 Å². The van der Waals surface area contributed by atoms with Gasteiger partial charge in [-0.1, -0.05) is 29.8 Å². The van der Waals surface area contributed by atoms with Gasteiger partial charge < -0.3 is 24.8 Å². The molecule has 2 aromatic rings. The maximum Gasteiger partial charge on any atom is 0.200 e. The molecule has 0 aromatic heterocycles. The summed E-state index contributed by atoms with van der Waals surface area (Å²) in [5.74, 6) is 1.45. The Morgan fingerprint density at radius 3 is 2.37 bits per heavy atom. The minimum absolute atomic E-state index is 0.0181. The zero-order valence-corrected chi connectivity index (χ0v) is 16.9. The number of benzene rings is 2. The van der Waals surface area contributed by atoms with E-state index >= 15 is 0 Å². The third-order valence-corrected chi connectivity index (χ3v) is 4.38. The molecule has 27 heavy (non-hydrogen) atoms. The van der Waals surface area contributed by atoms with E-state index in [-0.39, 0.29) is 5.75 Å². The summed E-state index contributed by atoms with van der Waals surface area (Å²) in [5.41, 5.74) is 1.89. The van der Waals surface area contributed by atoms with Crippen LogP contribution in [0, 0.1) is 0 Å². The van der Waals surface area contributed by atoms with E-state index in [4.69, 9.17) is 21.1 Å². The van der Waals surface area contributed by atoms with Crippen LogP contribution >= 0.6 is 11.6 Å². The highest BCUT2D eigenvalue weighted by Crippen LogP contribution is 2.37. The quantitative estimate of drug-likeness (QED) is 0.557. The first-order valence-electron chi connectivity index (χ1n) is 8.66. The van der Waals surface area contributed by atoms with Crippen molar-refractivity contribution in [2.24, 2.45) is 4.99 Å². The number of halogens is 1. The summed E-state index contributed by atoms with van der Waals surface area (Å²) in [7, 11) is 4.97. The monoisotopic (exact) mass is 391 g/mol. The molecule has 0 aliphatic heterocycles. The summed E-state index contributed by atoms with van der Waals surface area (Å²) < 4.78 is 10.4. The molecular weight excluding hydrogens is 366 g/mol. The van der Waals surface area contributed by atoms with Gasteiger partial charge >= 0.3 is 0 Å². The summed E-state index contributed by atoms with van der Waals surface area (Å²) in [4.78, 5) is 6.70. The first-order chi connectivity index (χ1) is 13.0. The topological polar surface area (TPSA) is 66.3 Å². The Bertz CT molecular complexity index is 771. The molecule has 0 fully saturated rings. The van der Waals surface area contributed by atoms with Crippen molar-refractivity contribution in [2.45, 2.75) is 20.0 Å². The first kappa shape index (κ1) is 20.7. The van der Waals surface area contributed by atoms with Gasteiger partial charge in [0.2, 0.25) is 5.75 Å². The molecular formula is C20H26ClN3O3. The van der Waals surface area contributed by atoms with Crippen molar-refractivity contribution in [1.29, 1.82) is 0 Å². The molecule has 0 bridgehead atoms. The molecule has 6 nitrogen and oxygen atoms in total. The summed E-state index contributed by atoms with van der Waals surface area (Å²) >= 11 is 6.27. The molecule has 2 rings (SSSR count). The molecule has 0 spiro atoms. The lowest BCUT2D eigenvalue weighted by atomic mass is 10.2. The third-order valence-electron chi connectivity index (χ3n) is 4.01. The Balaban J connectivity index is 2.21. The van der Waals surface area contributed by atoms with Crippen LogP contribution in [0.3, 0.4) is 0 Å². The molecule has 0 heterocycles. The standard InChI is InChI=1S/C20H26ClN3O3/c1-5-22-20(24(2)13-15-8-6-7-9-16(15)21)23-12-14-10-17(26-3)19(25)18(11-14)27-4/h6-11,25H,5,12-13H2,1-4H3,(H,22,23). The van der Waals surface area contributed by atoms with Gasteiger partial charge in [0.05, 0.1) is 20.8 Å². The molecule has 2 N–H and O–H groups in total. The zero-order valence-electron chi connectivity index (χ0n) is 16.1. The Hall–Kier alpha value is -2.60. The van der Waals surface area contributed by atoms with Crippen LogP contribution in [0.2, 0.25) is 5.02 Å². The van der Waals surface area contributed by atoms with Crippen molar-refractivity contribution in [3.63, 3.8) is 0 Å². The highest BCUT2D eigenvalue weighted by Gasteiger charge is 2.12. The summed E-state index contributed by atoms with van der Waals surface area (Å²) in [6.45, 7) is 3.80. The van der Waals surface area contributed by atoms with E-state index in [9.17, 15) is 5.11 Å². The number of rotatable bonds is 7. The van der Waals surface area contributed by atoms with Crippen molar-refractivity contribution in [2.75, 3.05) is 27.8 Å². The number of aliphatic imine (C=N–C) groups is 1. The summed E-state index contributed by atoms with van der Waals surface area (Å²) in [6, 6.07) is 11.3. The van der Waals surface area contributed by atoms with Crippen molar-refractivity contribution < 1.29 is 14.6 Å². The summed E-state index contributed by atoms with van der Waals surface area (Å²) in [6.07, 6.45) is 0. The molecule has 0 saturated carbocycles. The minimum atomic E-state index is -0.0181. The Labute approximate surface area is 165 Å². The van der Waals surface area contributed by atoms with Gasteiger partial charge in [-0.05, 0) is 36.2 Å². The first-order valence-corrected chi connectivity index (χ1v) is 9.04. The van der Waals surface area contributed by atoms with Crippen molar-refractivity contribution >= 4 is 17.6 Å². The van der Waals surface area contributed by atoms with Gasteiger partial charge in [-0.2, -0.15) is 0 Å².